The van der Waals surface area contributed by atoms with E-state index in [1.54, 1.807) is 45.0 Å². The van der Waals surface area contributed by atoms with Crippen molar-refractivity contribution in [2.24, 2.45) is 0 Å². The Kier molecular flexibility index (Phi) is 7.55. The number of anilines is 1. The molecule has 1 heterocycles. The Bertz CT molecular complexity index is 903. The summed E-state index contributed by atoms with van der Waals surface area (Å²) in [4.78, 5) is 40.4. The van der Waals surface area contributed by atoms with Gasteiger partial charge in [0, 0.05) is 17.9 Å². The van der Waals surface area contributed by atoms with Crippen molar-refractivity contribution in [2.45, 2.75) is 33.8 Å². The van der Waals surface area contributed by atoms with Gasteiger partial charge in [-0.2, -0.15) is 0 Å². The van der Waals surface area contributed by atoms with Crippen LogP contribution in [0.2, 0.25) is 0 Å². The lowest BCUT2D eigenvalue weighted by Crippen LogP contribution is -2.26. The molecule has 3 N–H and O–H groups in total. The molecule has 8 nitrogen and oxygen atoms in total. The number of hydrogen-bond donors (Lipinski definition) is 3. The molecule has 29 heavy (non-hydrogen) atoms. The van der Waals surface area contributed by atoms with Crippen LogP contribution in [0.5, 0.6) is 0 Å². The summed E-state index contributed by atoms with van der Waals surface area (Å²) in [5, 5.41) is 11.9. The number of carbonyl (C=O) groups excluding carboxylic acids is 3. The summed E-state index contributed by atoms with van der Waals surface area (Å²) < 4.78 is 10.4. The first-order chi connectivity index (χ1) is 13.8. The zero-order valence-electron chi connectivity index (χ0n) is 17.0. The maximum atomic E-state index is 12.8. The Labute approximate surface area is 169 Å². The normalized spacial score (nSPS) is 11.6. The molecule has 0 aliphatic heterocycles. The van der Waals surface area contributed by atoms with E-state index in [-0.39, 0.29) is 31.0 Å². The lowest BCUT2D eigenvalue weighted by atomic mass is 10.1. The number of aryl methyl sites for hydroxylation is 1. The number of aliphatic hydroxyl groups excluding tert-OH is 1. The number of para-hydroxylation sites is 1. The number of aromatic nitrogens is 1. The number of ketones is 1. The van der Waals surface area contributed by atoms with Gasteiger partial charge in [0.2, 0.25) is 5.78 Å². The van der Waals surface area contributed by atoms with E-state index in [0.717, 1.165) is 0 Å². The van der Waals surface area contributed by atoms with Gasteiger partial charge in [-0.1, -0.05) is 12.1 Å². The second-order valence-electron chi connectivity index (χ2n) is 6.45. The van der Waals surface area contributed by atoms with E-state index >= 15 is 0 Å². The molecule has 0 saturated heterocycles. The monoisotopic (exact) mass is 402 g/mol. The third-order valence-corrected chi connectivity index (χ3v) is 4.39. The minimum absolute atomic E-state index is 0.0908. The van der Waals surface area contributed by atoms with Crippen LogP contribution in [0.15, 0.2) is 24.3 Å². The molecule has 156 valence electrons. The third kappa shape index (κ3) is 5.03. The number of ether oxygens (including phenoxy) is 2. The molecular formula is C21H26N2O6. The summed E-state index contributed by atoms with van der Waals surface area (Å²) in [6, 6.07) is 6.68. The molecule has 8 heteroatoms. The lowest BCUT2D eigenvalue weighted by molar-refractivity contribution is 0.0317. The zero-order chi connectivity index (χ0) is 21.6. The number of nitrogens with one attached hydrogen (secondary N) is 2. The highest BCUT2D eigenvalue weighted by molar-refractivity contribution is 6.05. The minimum atomic E-state index is -1.07. The maximum absolute atomic E-state index is 12.8. The van der Waals surface area contributed by atoms with Crippen LogP contribution in [0.1, 0.15) is 56.3 Å². The van der Waals surface area contributed by atoms with Crippen LogP contribution >= 0.6 is 0 Å². The van der Waals surface area contributed by atoms with Gasteiger partial charge < -0.3 is 24.9 Å². The van der Waals surface area contributed by atoms with E-state index in [1.807, 2.05) is 0 Å². The van der Waals surface area contributed by atoms with Crippen molar-refractivity contribution in [3.05, 3.63) is 52.3 Å². The van der Waals surface area contributed by atoms with Crippen molar-refractivity contribution < 1.29 is 29.0 Å². The average Bonchev–Trinajstić information content (AvgIpc) is 3.00. The molecule has 0 spiro atoms. The molecule has 1 aromatic heterocycles. The van der Waals surface area contributed by atoms with E-state index in [4.69, 9.17) is 14.6 Å². The second-order valence-corrected chi connectivity index (χ2v) is 6.45. The van der Waals surface area contributed by atoms with Crippen LogP contribution in [0.4, 0.5) is 5.69 Å². The molecular weight excluding hydrogens is 376 g/mol. The fourth-order valence-electron chi connectivity index (χ4n) is 2.99. The first-order valence-electron chi connectivity index (χ1n) is 9.37. The summed E-state index contributed by atoms with van der Waals surface area (Å²) >= 11 is 0. The van der Waals surface area contributed by atoms with E-state index < -0.39 is 23.8 Å². The number of benzene rings is 1. The molecule has 1 aromatic carbocycles. The number of H-pyrrole nitrogens is 1. The van der Waals surface area contributed by atoms with Crippen molar-refractivity contribution in [3.63, 3.8) is 0 Å². The Morgan fingerprint density at radius 2 is 1.86 bits per heavy atom. The van der Waals surface area contributed by atoms with Gasteiger partial charge in [0.25, 0.3) is 0 Å². The smallest absolute Gasteiger partial charge is 0.340 e. The summed E-state index contributed by atoms with van der Waals surface area (Å²) in [7, 11) is 0. The SMILES string of the molecule is CCOC(=O)c1c(C)[nH]c(C(=O)[C@H](C)OC(=O)c2ccccc2NCCO)c1C. The number of carbonyl (C=O) groups is 3. The third-order valence-electron chi connectivity index (χ3n) is 4.39. The van der Waals surface area contributed by atoms with Crippen molar-refractivity contribution in [1.29, 1.82) is 0 Å². The van der Waals surface area contributed by atoms with Gasteiger partial charge >= 0.3 is 11.9 Å². The van der Waals surface area contributed by atoms with Crippen LogP contribution in [0.25, 0.3) is 0 Å². The van der Waals surface area contributed by atoms with Crippen LogP contribution < -0.4 is 5.32 Å². The van der Waals surface area contributed by atoms with E-state index in [1.165, 1.54) is 6.92 Å². The van der Waals surface area contributed by atoms with Crippen LogP contribution in [0.3, 0.4) is 0 Å². The van der Waals surface area contributed by atoms with Gasteiger partial charge in [-0.05, 0) is 45.4 Å². The van der Waals surface area contributed by atoms with Crippen LogP contribution in [-0.2, 0) is 9.47 Å². The average molecular weight is 402 g/mol. The summed E-state index contributed by atoms with van der Waals surface area (Å²) in [6.45, 7) is 6.91. The molecule has 0 unspecified atom stereocenters. The summed E-state index contributed by atoms with van der Waals surface area (Å²) in [5.74, 6) is -1.62. The van der Waals surface area contributed by atoms with E-state index in [0.29, 0.717) is 22.5 Å². The fraction of sp³-hybridized carbons (Fsp3) is 0.381. The fourth-order valence-corrected chi connectivity index (χ4v) is 2.99. The van der Waals surface area contributed by atoms with E-state index in [9.17, 15) is 14.4 Å². The molecule has 2 rings (SSSR count). The highest BCUT2D eigenvalue weighted by Gasteiger charge is 2.28. The number of rotatable bonds is 9. The number of aliphatic hydroxyl groups is 1. The Morgan fingerprint density at radius 1 is 1.17 bits per heavy atom. The number of Topliss-reactive ketones (excluding diaryl/α,β-unsaturated/α-hetero) is 1. The summed E-state index contributed by atoms with van der Waals surface area (Å²) in [5.41, 5.74) is 2.25. The maximum Gasteiger partial charge on any atom is 0.340 e. The molecule has 0 bridgehead atoms. The van der Waals surface area contributed by atoms with Crippen molar-refractivity contribution in [1.82, 2.24) is 4.98 Å². The van der Waals surface area contributed by atoms with Crippen molar-refractivity contribution in [3.8, 4) is 0 Å². The largest absolute Gasteiger partial charge is 0.462 e. The highest BCUT2D eigenvalue weighted by Crippen LogP contribution is 2.22. The molecule has 0 saturated carbocycles. The van der Waals surface area contributed by atoms with Gasteiger partial charge in [-0.25, -0.2) is 9.59 Å². The topological polar surface area (TPSA) is 118 Å². The summed E-state index contributed by atoms with van der Waals surface area (Å²) in [6.07, 6.45) is -1.07. The molecule has 0 fully saturated rings. The van der Waals surface area contributed by atoms with E-state index in [2.05, 4.69) is 10.3 Å². The number of aromatic amines is 1. The first kappa shape index (κ1) is 22.2. The minimum Gasteiger partial charge on any atom is -0.462 e. The molecule has 0 aliphatic rings. The Hall–Kier alpha value is -3.13. The molecule has 0 radical (unpaired) electrons. The van der Waals surface area contributed by atoms with Gasteiger partial charge in [0.15, 0.2) is 6.10 Å². The van der Waals surface area contributed by atoms with Gasteiger partial charge in [-0.3, -0.25) is 4.79 Å². The molecule has 1 atom stereocenters. The Balaban J connectivity index is 2.19. The van der Waals surface area contributed by atoms with Crippen molar-refractivity contribution >= 4 is 23.4 Å². The van der Waals surface area contributed by atoms with Crippen LogP contribution in [-0.4, -0.2) is 53.7 Å². The Morgan fingerprint density at radius 3 is 2.52 bits per heavy atom. The van der Waals surface area contributed by atoms with Gasteiger partial charge in [0.1, 0.15) is 0 Å². The molecule has 0 amide bonds. The first-order valence-corrected chi connectivity index (χ1v) is 9.37. The highest BCUT2D eigenvalue weighted by atomic mass is 16.5. The zero-order valence-corrected chi connectivity index (χ0v) is 17.0. The number of hydrogen-bond acceptors (Lipinski definition) is 7. The van der Waals surface area contributed by atoms with Crippen molar-refractivity contribution in [2.75, 3.05) is 25.1 Å². The quantitative estimate of drug-likeness (QED) is 0.436. The molecule has 2 aromatic rings. The van der Waals surface area contributed by atoms with Gasteiger partial charge in [0.05, 0.1) is 30.0 Å². The van der Waals surface area contributed by atoms with Gasteiger partial charge in [-0.15, -0.1) is 0 Å². The second kappa shape index (κ2) is 9.88. The number of esters is 2. The van der Waals surface area contributed by atoms with Crippen LogP contribution in [0, 0.1) is 13.8 Å². The standard InChI is InChI=1S/C21H26N2O6/c1-5-28-21(27)17-12(2)18(23-13(17)3)19(25)14(4)29-20(26)15-8-6-7-9-16(15)22-10-11-24/h6-9,14,22-24H,5,10-11H2,1-4H3/t14-/m0/s1. The lowest BCUT2D eigenvalue weighted by Gasteiger charge is -2.15. The predicted molar refractivity (Wildman–Crippen MR) is 107 cm³/mol. The predicted octanol–water partition coefficient (Wildman–Crippen LogP) is 2.64. The molecule has 0 aliphatic carbocycles.